The topological polar surface area (TPSA) is 43.4 Å². The first-order valence-electron chi connectivity index (χ1n) is 8.80. The van der Waals surface area contributed by atoms with Crippen molar-refractivity contribution in [3.63, 3.8) is 0 Å². The van der Waals surface area contributed by atoms with Gasteiger partial charge in [-0.3, -0.25) is 4.79 Å². The number of ketones is 1. The first kappa shape index (κ1) is 18.6. The summed E-state index contributed by atoms with van der Waals surface area (Å²) in [5.41, 5.74) is 1.80. The highest BCUT2D eigenvalue weighted by Gasteiger charge is 2.17. The number of hydrogen-bond donors (Lipinski definition) is 0. The van der Waals surface area contributed by atoms with Crippen LogP contribution in [0.1, 0.15) is 64.3 Å². The van der Waals surface area contributed by atoms with Crippen molar-refractivity contribution in [3.05, 3.63) is 70.0 Å². The Morgan fingerprint density at radius 1 is 1.04 bits per heavy atom. The Bertz CT molecular complexity index is 795. The fourth-order valence-corrected chi connectivity index (χ4v) is 3.57. The predicted octanol–water partition coefficient (Wildman–Crippen LogP) is 5.57. The Balaban J connectivity index is 1.58. The summed E-state index contributed by atoms with van der Waals surface area (Å²) in [6.45, 7) is -0.380. The summed E-state index contributed by atoms with van der Waals surface area (Å²) in [5, 5.41) is -0.0423. The van der Waals surface area contributed by atoms with Gasteiger partial charge in [0.05, 0.1) is 10.6 Å². The standard InChI is InChI=1S/C21H20ClFO3/c22-19-12-17(23)10-11-18(19)21(25)26-13-20(24)16-8-6-15(7-9-16)14-4-2-1-3-5-14/h6-12,14H,1-5,13H2. The first-order valence-corrected chi connectivity index (χ1v) is 9.18. The Labute approximate surface area is 157 Å². The normalized spacial score (nSPS) is 14.8. The summed E-state index contributed by atoms with van der Waals surface area (Å²) >= 11 is 5.82. The van der Waals surface area contributed by atoms with Gasteiger partial charge in [0.25, 0.3) is 0 Å². The van der Waals surface area contributed by atoms with E-state index in [0.29, 0.717) is 11.5 Å². The molecule has 0 amide bonds. The minimum absolute atomic E-state index is 0.0357. The quantitative estimate of drug-likeness (QED) is 0.507. The van der Waals surface area contributed by atoms with Gasteiger partial charge in [-0.15, -0.1) is 0 Å². The van der Waals surface area contributed by atoms with E-state index in [1.165, 1.54) is 43.7 Å². The van der Waals surface area contributed by atoms with Gasteiger partial charge in [0.15, 0.2) is 12.4 Å². The molecule has 0 saturated heterocycles. The zero-order valence-corrected chi connectivity index (χ0v) is 15.1. The van der Waals surface area contributed by atoms with Gasteiger partial charge in [0.1, 0.15) is 5.82 Å². The number of hydrogen-bond acceptors (Lipinski definition) is 3. The number of benzene rings is 2. The van der Waals surface area contributed by atoms with Crippen LogP contribution in [-0.4, -0.2) is 18.4 Å². The third kappa shape index (κ3) is 4.50. The Hall–Kier alpha value is -2.20. The Morgan fingerprint density at radius 2 is 1.73 bits per heavy atom. The van der Waals surface area contributed by atoms with Crippen LogP contribution in [0.25, 0.3) is 0 Å². The zero-order valence-electron chi connectivity index (χ0n) is 14.3. The molecule has 2 aromatic rings. The van der Waals surface area contributed by atoms with Crippen LogP contribution in [0, 0.1) is 5.82 Å². The lowest BCUT2D eigenvalue weighted by Gasteiger charge is -2.22. The minimum atomic E-state index is -0.748. The average Bonchev–Trinajstić information content (AvgIpc) is 2.66. The first-order chi connectivity index (χ1) is 12.5. The number of ether oxygens (including phenoxy) is 1. The monoisotopic (exact) mass is 374 g/mol. The average molecular weight is 375 g/mol. The highest BCUT2D eigenvalue weighted by Crippen LogP contribution is 2.32. The maximum Gasteiger partial charge on any atom is 0.340 e. The number of Topliss-reactive ketones (excluding diaryl/α,β-unsaturated/α-hetero) is 1. The van der Waals surface area contributed by atoms with Crippen molar-refractivity contribution < 1.29 is 18.7 Å². The van der Waals surface area contributed by atoms with Crippen LogP contribution in [0.5, 0.6) is 0 Å². The molecule has 1 aliphatic rings. The predicted molar refractivity (Wildman–Crippen MR) is 98.3 cm³/mol. The molecule has 136 valence electrons. The van der Waals surface area contributed by atoms with Crippen molar-refractivity contribution >= 4 is 23.4 Å². The molecule has 0 unspecified atom stereocenters. The summed E-state index contributed by atoms with van der Waals surface area (Å²) in [6.07, 6.45) is 6.21. The summed E-state index contributed by atoms with van der Waals surface area (Å²) in [4.78, 5) is 24.2. The summed E-state index contributed by atoms with van der Waals surface area (Å²) in [5.74, 6) is -0.999. The molecule has 1 aliphatic carbocycles. The van der Waals surface area contributed by atoms with Gasteiger partial charge in [0, 0.05) is 5.56 Å². The molecule has 0 bridgehead atoms. The van der Waals surface area contributed by atoms with E-state index in [2.05, 4.69) is 0 Å². The Kier molecular flexibility index (Phi) is 6.04. The molecule has 2 aromatic carbocycles. The van der Waals surface area contributed by atoms with E-state index in [-0.39, 0.29) is 23.0 Å². The second kappa shape index (κ2) is 8.45. The molecule has 1 fully saturated rings. The second-order valence-corrected chi connectivity index (χ2v) is 6.99. The van der Waals surface area contributed by atoms with Gasteiger partial charge in [0.2, 0.25) is 0 Å². The van der Waals surface area contributed by atoms with Crippen LogP contribution in [0.2, 0.25) is 5.02 Å². The fourth-order valence-electron chi connectivity index (χ4n) is 3.32. The van der Waals surface area contributed by atoms with Crippen LogP contribution >= 0.6 is 11.6 Å². The number of halogens is 2. The molecule has 0 spiro atoms. The molecule has 26 heavy (non-hydrogen) atoms. The largest absolute Gasteiger partial charge is 0.454 e. The molecule has 3 rings (SSSR count). The summed E-state index contributed by atoms with van der Waals surface area (Å²) < 4.78 is 18.0. The lowest BCUT2D eigenvalue weighted by atomic mass is 9.84. The molecule has 0 radical (unpaired) electrons. The van der Waals surface area contributed by atoms with Gasteiger partial charge in [-0.1, -0.05) is 55.1 Å². The summed E-state index contributed by atoms with van der Waals surface area (Å²) in [6, 6.07) is 10.9. The number of carbonyl (C=O) groups excluding carboxylic acids is 2. The SMILES string of the molecule is O=C(COC(=O)c1ccc(F)cc1Cl)c1ccc(C2CCCCC2)cc1. The maximum absolute atomic E-state index is 13.0. The van der Waals surface area contributed by atoms with Crippen molar-refractivity contribution in [2.75, 3.05) is 6.61 Å². The number of rotatable bonds is 5. The third-order valence-corrected chi connectivity index (χ3v) is 5.11. The van der Waals surface area contributed by atoms with Gasteiger partial charge in [-0.2, -0.15) is 0 Å². The minimum Gasteiger partial charge on any atom is -0.454 e. The molecule has 5 heteroatoms. The highest BCUT2D eigenvalue weighted by molar-refractivity contribution is 6.33. The molecule has 1 saturated carbocycles. The molecule has 0 atom stereocenters. The van der Waals surface area contributed by atoms with Crippen molar-refractivity contribution in [2.24, 2.45) is 0 Å². The summed E-state index contributed by atoms with van der Waals surface area (Å²) in [7, 11) is 0. The third-order valence-electron chi connectivity index (χ3n) is 4.79. The molecule has 3 nitrogen and oxygen atoms in total. The van der Waals surface area contributed by atoms with Crippen LogP contribution in [0.4, 0.5) is 4.39 Å². The maximum atomic E-state index is 13.0. The van der Waals surface area contributed by atoms with E-state index in [1.54, 1.807) is 12.1 Å². The number of esters is 1. The van der Waals surface area contributed by atoms with Gasteiger partial charge in [-0.05, 0) is 42.5 Å². The molecular weight excluding hydrogens is 355 g/mol. The van der Waals surface area contributed by atoms with Gasteiger partial charge >= 0.3 is 5.97 Å². The van der Waals surface area contributed by atoms with E-state index in [9.17, 15) is 14.0 Å². The smallest absolute Gasteiger partial charge is 0.340 e. The van der Waals surface area contributed by atoms with E-state index in [1.807, 2.05) is 12.1 Å². The van der Waals surface area contributed by atoms with Crippen molar-refractivity contribution in [2.45, 2.75) is 38.0 Å². The molecule has 0 aliphatic heterocycles. The van der Waals surface area contributed by atoms with E-state index < -0.39 is 11.8 Å². The second-order valence-electron chi connectivity index (χ2n) is 6.58. The molecule has 0 N–H and O–H groups in total. The van der Waals surface area contributed by atoms with Crippen molar-refractivity contribution in [3.8, 4) is 0 Å². The van der Waals surface area contributed by atoms with E-state index in [4.69, 9.17) is 16.3 Å². The Morgan fingerprint density at radius 3 is 2.38 bits per heavy atom. The van der Waals surface area contributed by atoms with E-state index in [0.717, 1.165) is 12.1 Å². The van der Waals surface area contributed by atoms with Gasteiger partial charge < -0.3 is 4.74 Å². The number of carbonyl (C=O) groups is 2. The van der Waals surface area contributed by atoms with Crippen LogP contribution < -0.4 is 0 Å². The zero-order chi connectivity index (χ0) is 18.5. The van der Waals surface area contributed by atoms with Gasteiger partial charge in [-0.25, -0.2) is 9.18 Å². The van der Waals surface area contributed by atoms with Crippen LogP contribution in [0.3, 0.4) is 0 Å². The van der Waals surface area contributed by atoms with Crippen LogP contribution in [0.15, 0.2) is 42.5 Å². The molecular formula is C21H20ClFO3. The molecule has 0 heterocycles. The van der Waals surface area contributed by atoms with Crippen molar-refractivity contribution in [1.29, 1.82) is 0 Å². The lowest BCUT2D eigenvalue weighted by Crippen LogP contribution is -2.15. The molecule has 0 aromatic heterocycles. The van der Waals surface area contributed by atoms with Crippen molar-refractivity contribution in [1.82, 2.24) is 0 Å². The lowest BCUT2D eigenvalue weighted by molar-refractivity contribution is 0.0475. The van der Waals surface area contributed by atoms with E-state index >= 15 is 0 Å². The van der Waals surface area contributed by atoms with Crippen LogP contribution in [-0.2, 0) is 4.74 Å². The fraction of sp³-hybridized carbons (Fsp3) is 0.333. The highest BCUT2D eigenvalue weighted by atomic mass is 35.5.